The van der Waals surface area contributed by atoms with Crippen LogP contribution in [-0.4, -0.2) is 52.8 Å². The first-order chi connectivity index (χ1) is 13.2. The summed E-state index contributed by atoms with van der Waals surface area (Å²) in [5, 5.41) is 3.62. The molecule has 1 heterocycles. The first-order valence-corrected chi connectivity index (χ1v) is 9.37. The van der Waals surface area contributed by atoms with Crippen LogP contribution < -0.4 is 5.32 Å². The minimum atomic E-state index is -1.58. The molecule has 0 aliphatic carbocycles. The summed E-state index contributed by atoms with van der Waals surface area (Å²) >= 11 is 12.1. The maximum Gasteiger partial charge on any atom is 0.270 e. The van der Waals surface area contributed by atoms with Gasteiger partial charge in [-0.25, -0.2) is 0 Å². The number of rotatable bonds is 7. The van der Waals surface area contributed by atoms with Crippen molar-refractivity contribution in [2.45, 2.75) is 25.4 Å². The van der Waals surface area contributed by atoms with Crippen LogP contribution in [0.2, 0.25) is 10.0 Å². The molecular weight excluding hydrogens is 401 g/mol. The van der Waals surface area contributed by atoms with Crippen LogP contribution in [0, 0.1) is 12.3 Å². The molecule has 2 rings (SSSR count). The Bertz CT molecular complexity index is 850. The molecule has 1 aliphatic rings. The van der Waals surface area contributed by atoms with Gasteiger partial charge >= 0.3 is 0 Å². The van der Waals surface area contributed by atoms with Gasteiger partial charge in [0.1, 0.15) is 0 Å². The molecule has 0 spiro atoms. The van der Waals surface area contributed by atoms with E-state index in [2.05, 4.69) is 17.8 Å². The minimum absolute atomic E-state index is 0.0387. The van der Waals surface area contributed by atoms with E-state index in [9.17, 15) is 14.4 Å². The molecule has 1 atom stereocenters. The minimum Gasteiger partial charge on any atom is -0.329 e. The number of terminal acetylenes is 1. The fraction of sp³-hybridized carbons (Fsp3) is 0.350. The quantitative estimate of drug-likeness (QED) is 0.542. The summed E-state index contributed by atoms with van der Waals surface area (Å²) in [5.41, 5.74) is -0.787. The monoisotopic (exact) mass is 421 g/mol. The molecule has 0 bridgehead atoms. The summed E-state index contributed by atoms with van der Waals surface area (Å²) in [6.45, 7) is 4.95. The smallest absolute Gasteiger partial charge is 0.270 e. The second kappa shape index (κ2) is 9.13. The molecule has 1 aliphatic heterocycles. The van der Waals surface area contributed by atoms with E-state index in [1.54, 1.807) is 18.2 Å². The summed E-state index contributed by atoms with van der Waals surface area (Å²) in [6.07, 6.45) is 7.32. The number of benzene rings is 1. The Morgan fingerprint density at radius 1 is 1.43 bits per heavy atom. The third-order valence-corrected chi connectivity index (χ3v) is 5.05. The summed E-state index contributed by atoms with van der Waals surface area (Å²) in [4.78, 5) is 40.5. The van der Waals surface area contributed by atoms with E-state index >= 15 is 0 Å². The first-order valence-electron chi connectivity index (χ1n) is 8.62. The summed E-state index contributed by atoms with van der Waals surface area (Å²) in [7, 11) is 0. The normalized spacial score (nSPS) is 19.4. The molecule has 0 radical (unpaired) electrons. The molecule has 1 unspecified atom stereocenters. The molecule has 0 saturated carbocycles. The molecule has 1 fully saturated rings. The average Bonchev–Trinajstić information content (AvgIpc) is 2.61. The summed E-state index contributed by atoms with van der Waals surface area (Å²) in [5.74, 6) is 1.16. The number of amides is 3. The Morgan fingerprint density at radius 2 is 2.14 bits per heavy atom. The molecule has 1 N–H and O–H groups in total. The van der Waals surface area contributed by atoms with E-state index in [4.69, 9.17) is 29.6 Å². The van der Waals surface area contributed by atoms with Gasteiger partial charge in [-0.05, 0) is 24.1 Å². The van der Waals surface area contributed by atoms with Gasteiger partial charge in [0, 0.05) is 29.9 Å². The maximum absolute atomic E-state index is 13.3. The third-order valence-electron chi connectivity index (χ3n) is 4.47. The highest BCUT2D eigenvalue weighted by molar-refractivity contribution is 6.35. The van der Waals surface area contributed by atoms with E-state index in [-0.39, 0.29) is 32.0 Å². The van der Waals surface area contributed by atoms with Crippen molar-refractivity contribution in [3.05, 3.63) is 46.5 Å². The molecule has 3 amide bonds. The Morgan fingerprint density at radius 3 is 2.71 bits per heavy atom. The number of hydrogen-bond acceptors (Lipinski definition) is 3. The van der Waals surface area contributed by atoms with Crippen LogP contribution in [0.15, 0.2) is 30.9 Å². The lowest BCUT2D eigenvalue weighted by atomic mass is 9.97. The van der Waals surface area contributed by atoms with Gasteiger partial charge in [-0.15, -0.1) is 13.0 Å². The van der Waals surface area contributed by atoms with Crippen LogP contribution in [0.1, 0.15) is 18.9 Å². The Kier molecular flexibility index (Phi) is 7.11. The van der Waals surface area contributed by atoms with Crippen LogP contribution in [-0.2, 0) is 20.8 Å². The van der Waals surface area contributed by atoms with Crippen molar-refractivity contribution in [3.8, 4) is 12.3 Å². The predicted molar refractivity (Wildman–Crippen MR) is 109 cm³/mol. The topological polar surface area (TPSA) is 69.7 Å². The zero-order chi connectivity index (χ0) is 20.9. The molecule has 8 heteroatoms. The van der Waals surface area contributed by atoms with Crippen LogP contribution in [0.25, 0.3) is 0 Å². The van der Waals surface area contributed by atoms with E-state index in [0.717, 1.165) is 5.56 Å². The second-order valence-corrected chi connectivity index (χ2v) is 7.27. The number of halogens is 2. The lowest BCUT2D eigenvalue weighted by Gasteiger charge is -2.48. The number of nitrogens with one attached hydrogen (secondary N) is 1. The number of hydrogen-bond donors (Lipinski definition) is 1. The molecule has 148 valence electrons. The Hall–Kier alpha value is -2.49. The zero-order valence-electron chi connectivity index (χ0n) is 15.5. The molecule has 1 saturated heterocycles. The maximum atomic E-state index is 13.3. The van der Waals surface area contributed by atoms with E-state index in [0.29, 0.717) is 16.5 Å². The molecular formula is C20H21Cl2N3O3. The van der Waals surface area contributed by atoms with Crippen LogP contribution >= 0.6 is 23.2 Å². The van der Waals surface area contributed by atoms with Crippen molar-refractivity contribution in [3.63, 3.8) is 0 Å². The van der Waals surface area contributed by atoms with Gasteiger partial charge in [0.05, 0.1) is 13.1 Å². The standard InChI is InChI=1S/C20H21Cl2N3O3/c1-4-9-20(23-14(3)26)19(28)24(13-18(27)25(20)10-5-2)11-8-15-6-7-16(21)12-17(15)22/h2,4,6-7,12H,1,8-11,13H2,3H3,(H,23,26). The van der Waals surface area contributed by atoms with E-state index in [1.807, 2.05) is 0 Å². The molecule has 1 aromatic carbocycles. The van der Waals surface area contributed by atoms with Gasteiger partial charge in [0.15, 0.2) is 0 Å². The van der Waals surface area contributed by atoms with E-state index in [1.165, 1.54) is 22.8 Å². The molecule has 28 heavy (non-hydrogen) atoms. The highest BCUT2D eigenvalue weighted by atomic mass is 35.5. The first kappa shape index (κ1) is 21.8. The van der Waals surface area contributed by atoms with Crippen molar-refractivity contribution in [2.24, 2.45) is 0 Å². The fourth-order valence-corrected chi connectivity index (χ4v) is 3.76. The lowest BCUT2D eigenvalue weighted by Crippen LogP contribution is -2.74. The van der Waals surface area contributed by atoms with Crippen LogP contribution in [0.3, 0.4) is 0 Å². The van der Waals surface area contributed by atoms with Crippen molar-refractivity contribution in [2.75, 3.05) is 19.6 Å². The van der Waals surface area contributed by atoms with Crippen molar-refractivity contribution < 1.29 is 14.4 Å². The Balaban J connectivity index is 2.33. The fourth-order valence-electron chi connectivity index (χ4n) is 3.25. The lowest BCUT2D eigenvalue weighted by molar-refractivity contribution is -0.168. The van der Waals surface area contributed by atoms with Crippen molar-refractivity contribution in [1.29, 1.82) is 0 Å². The van der Waals surface area contributed by atoms with Gasteiger partial charge in [0.2, 0.25) is 17.5 Å². The van der Waals surface area contributed by atoms with Crippen LogP contribution in [0.4, 0.5) is 0 Å². The SMILES string of the molecule is C#CCN1C(=O)CN(CCc2ccc(Cl)cc2Cl)C(=O)C1(CC=C)NC(C)=O. The van der Waals surface area contributed by atoms with Crippen molar-refractivity contribution in [1.82, 2.24) is 15.1 Å². The number of nitrogens with zero attached hydrogens (tertiary/aromatic N) is 2. The average molecular weight is 422 g/mol. The van der Waals surface area contributed by atoms with E-state index < -0.39 is 17.5 Å². The van der Waals surface area contributed by atoms with Crippen LogP contribution in [0.5, 0.6) is 0 Å². The summed E-state index contributed by atoms with van der Waals surface area (Å²) < 4.78 is 0. The predicted octanol–water partition coefficient (Wildman–Crippen LogP) is 2.25. The van der Waals surface area contributed by atoms with Gasteiger partial charge in [0.25, 0.3) is 5.91 Å². The molecule has 6 nitrogen and oxygen atoms in total. The van der Waals surface area contributed by atoms with Gasteiger partial charge in [-0.2, -0.15) is 0 Å². The number of carbonyl (C=O) groups excluding carboxylic acids is 3. The molecule has 1 aromatic rings. The zero-order valence-corrected chi connectivity index (χ0v) is 17.0. The largest absolute Gasteiger partial charge is 0.329 e. The second-order valence-electron chi connectivity index (χ2n) is 6.43. The molecule has 0 aromatic heterocycles. The number of carbonyl (C=O) groups is 3. The third kappa shape index (κ3) is 4.49. The summed E-state index contributed by atoms with van der Waals surface area (Å²) in [6, 6.07) is 5.10. The van der Waals surface area contributed by atoms with Gasteiger partial charge < -0.3 is 10.2 Å². The Labute approximate surface area is 174 Å². The van der Waals surface area contributed by atoms with Gasteiger partial charge in [-0.1, -0.05) is 41.3 Å². The van der Waals surface area contributed by atoms with Gasteiger partial charge in [-0.3, -0.25) is 19.3 Å². The van der Waals surface area contributed by atoms with Crippen molar-refractivity contribution >= 4 is 40.9 Å². The highest BCUT2D eigenvalue weighted by Gasteiger charge is 2.52. The number of piperazine rings is 1. The highest BCUT2D eigenvalue weighted by Crippen LogP contribution is 2.27.